The quantitative estimate of drug-likeness (QED) is 0.0461. The minimum atomic E-state index is -0.583. The Kier molecular flexibility index (Phi) is 28.4. The first-order valence-corrected chi connectivity index (χ1v) is 48.2. The number of pyridine rings is 1. The third-order valence-electron chi connectivity index (χ3n) is 27.3. The Labute approximate surface area is 810 Å². The SMILES string of the molecule is CC(C)(C)OC(=O)Nc1ccc2c(ccc3occ(C4CCC(=O)NC4=O)c32)c1.CN(C)CCOc1ccc2c(ccc3occ(C4CCC(=O)NC4=O)c32)n1.O=C1CCC(c2coc3ccc4c(CN5CCOCC5)cccc4c23)C(=O)N1.O=C1CCC(c2coc3ccc4cc(CCN5CCOCC5)ccc4c23)C(=O)N1.O=C1CCC(c2coc3ccc4cc(CN5CCOCC5)ccc4c23)C(=O)N1. The van der Waals surface area contributed by atoms with Gasteiger partial charge < -0.3 is 50.7 Å². The normalized spacial score (nSPS) is 19.8. The highest BCUT2D eigenvalue weighted by Crippen LogP contribution is 2.45. The van der Waals surface area contributed by atoms with Crippen LogP contribution in [-0.4, -0.2) is 208 Å². The number of anilines is 1. The second-order valence-corrected chi connectivity index (χ2v) is 38.2. The lowest BCUT2D eigenvalue weighted by Crippen LogP contribution is -2.39. The van der Waals surface area contributed by atoms with Gasteiger partial charge in [-0.25, -0.2) is 9.78 Å². The number of amides is 11. The number of hydrogen-bond donors (Lipinski definition) is 6. The number of likely N-dealkylation sites (N-methyl/N-ethyl adjacent to an activating group) is 1. The van der Waals surface area contributed by atoms with Crippen LogP contribution < -0.4 is 36.6 Å². The number of morpholine rings is 3. The number of furan rings is 5. The van der Waals surface area contributed by atoms with E-state index in [-0.39, 0.29) is 76.8 Å². The number of imide groups is 5. The first-order valence-electron chi connectivity index (χ1n) is 48.2. The molecule has 6 N–H and O–H groups in total. The molecular formula is C109H111N11O21. The lowest BCUT2D eigenvalue weighted by Gasteiger charge is -2.27. The number of piperidine rings is 5. The van der Waals surface area contributed by atoms with Gasteiger partial charge in [0.1, 0.15) is 40.1 Å². The molecule has 0 spiro atoms. The minimum absolute atomic E-state index is 0.200. The standard InChI is InChI=1S/C23H24N2O4.C22H22N2O5.2C22H22N2O4.C20H21N3O4/c26-21-6-4-18(23(27)24-21)19-14-29-20-5-2-16-13-15(1-3-17(16)22(19)20)7-8-25-9-11-28-12-10-25;1-22(2,3)29-21(27)23-13-5-6-14-12(10-13)4-8-17-19(14)16(11-28-17)15-7-9-18(25)24-20(15)26;25-20-6-4-17(22(26)23-20)18-13-28-19-5-2-15-11-14(1-3-16(15)21(18)19)12-24-7-9-27-10-8-24;25-20-7-5-17(22(26)23-20)18-13-28-19-6-4-15-14(2-1-3-16(15)21(18)19)12-24-8-10-27-11-9-24;1-23(2)9-10-26-18-8-4-13-15(21-18)5-6-16-19(13)14(11-27-16)12-3-7-17(24)22-20(12)25/h1-3,5,13-14,18H,4,6-12H2,(H,24,26,27);4-6,8,10-11,15H,7,9H2,1-3H3,(H,23,27)(H,24,25,26);1-3,5,11,13,17H,4,6-10,12H2,(H,23,25,26);1-4,6,13,17H,5,7-12H2,(H,23,25,26);4-6,8,11-12H,3,7,9-10H2,1-2H3,(H,22,24,25). The summed E-state index contributed by atoms with van der Waals surface area (Å²) in [6.45, 7) is 20.1. The molecule has 8 aliphatic rings. The summed E-state index contributed by atoms with van der Waals surface area (Å²) in [7, 11) is 3.98. The molecule has 9 aromatic carbocycles. The molecule has 0 aliphatic carbocycles. The number of nitrogens with one attached hydrogen (secondary N) is 6. The first-order chi connectivity index (χ1) is 68.3. The highest BCUT2D eigenvalue weighted by atomic mass is 16.6. The highest BCUT2D eigenvalue weighted by Gasteiger charge is 2.38. The number of rotatable bonds is 17. The van der Waals surface area contributed by atoms with Gasteiger partial charge in [0.25, 0.3) is 0 Å². The number of hydrogen-bond acceptors (Lipinski definition) is 26. The molecule has 23 rings (SSSR count). The number of fused-ring (bicyclic) bond motifs is 15. The maximum absolute atomic E-state index is 12.4. The van der Waals surface area contributed by atoms with Gasteiger partial charge in [0.05, 0.1) is 106 Å². The molecule has 14 heterocycles. The molecule has 32 heteroatoms. The predicted octanol–water partition coefficient (Wildman–Crippen LogP) is 15.8. The van der Waals surface area contributed by atoms with E-state index in [9.17, 15) is 52.7 Å². The van der Waals surface area contributed by atoms with Crippen molar-refractivity contribution in [2.45, 2.75) is 140 Å². The molecule has 5 unspecified atom stereocenters. The van der Waals surface area contributed by atoms with Crippen LogP contribution in [-0.2, 0) is 86.4 Å². The molecule has 141 heavy (non-hydrogen) atoms. The van der Waals surface area contributed by atoms with Crippen LogP contribution >= 0.6 is 0 Å². The van der Waals surface area contributed by atoms with Gasteiger partial charge in [0, 0.05) is 169 Å². The van der Waals surface area contributed by atoms with Crippen LogP contribution in [0.4, 0.5) is 10.5 Å². The van der Waals surface area contributed by atoms with Crippen molar-refractivity contribution in [3.63, 3.8) is 0 Å². The minimum Gasteiger partial charge on any atom is -0.476 e. The average molecular weight is 1910 g/mol. The van der Waals surface area contributed by atoms with Crippen molar-refractivity contribution in [1.29, 1.82) is 0 Å². The molecule has 8 fully saturated rings. The van der Waals surface area contributed by atoms with E-state index in [4.69, 9.17) is 45.8 Å². The van der Waals surface area contributed by atoms with Gasteiger partial charge in [-0.3, -0.25) is 94.5 Å². The Balaban J connectivity index is 0.000000112. The van der Waals surface area contributed by atoms with E-state index in [1.807, 2.05) is 85.7 Å². The third kappa shape index (κ3) is 21.5. The second-order valence-electron chi connectivity index (χ2n) is 38.2. The van der Waals surface area contributed by atoms with E-state index in [1.165, 1.54) is 22.1 Å². The Morgan fingerprint density at radius 1 is 0.404 bits per heavy atom. The molecule has 8 saturated heterocycles. The molecule has 0 saturated carbocycles. The Morgan fingerprint density at radius 2 is 0.773 bits per heavy atom. The van der Waals surface area contributed by atoms with E-state index < -0.39 is 23.5 Å². The fraction of sp³-hybridized carbons (Fsp3) is 0.358. The number of nitrogens with zero attached hydrogens (tertiary/aromatic N) is 5. The topological polar surface area (TPSA) is 398 Å². The maximum Gasteiger partial charge on any atom is 0.412 e. The zero-order chi connectivity index (χ0) is 97.7. The highest BCUT2D eigenvalue weighted by molar-refractivity contribution is 6.17. The maximum atomic E-state index is 12.4. The van der Waals surface area contributed by atoms with E-state index in [0.29, 0.717) is 93.5 Å². The fourth-order valence-electron chi connectivity index (χ4n) is 20.2. The van der Waals surface area contributed by atoms with Gasteiger partial charge in [-0.05, 0) is 194 Å². The van der Waals surface area contributed by atoms with Crippen LogP contribution in [0.25, 0.3) is 109 Å². The summed E-state index contributed by atoms with van der Waals surface area (Å²) in [5, 5.41) is 29.0. The number of carbonyl (C=O) groups excluding carboxylic acids is 11. The van der Waals surface area contributed by atoms with E-state index in [1.54, 1.807) is 58.2 Å². The fourth-order valence-corrected chi connectivity index (χ4v) is 20.2. The van der Waals surface area contributed by atoms with Gasteiger partial charge in [-0.1, -0.05) is 78.9 Å². The monoisotopic (exact) mass is 1910 g/mol. The van der Waals surface area contributed by atoms with Crippen molar-refractivity contribution in [1.82, 2.24) is 51.2 Å². The Hall–Kier alpha value is -14.4. The molecule has 32 nitrogen and oxygen atoms in total. The molecule has 8 aliphatic heterocycles. The van der Waals surface area contributed by atoms with Crippen molar-refractivity contribution in [3.8, 4) is 5.88 Å². The summed E-state index contributed by atoms with van der Waals surface area (Å²) in [6, 6.07) is 48.3. The zero-order valence-corrected chi connectivity index (χ0v) is 79.2. The molecule has 5 atom stereocenters. The second kappa shape index (κ2) is 42.0. The van der Waals surface area contributed by atoms with Crippen molar-refractivity contribution in [2.75, 3.05) is 118 Å². The molecule has 6 aromatic heterocycles. The number of aromatic nitrogens is 1. The lowest BCUT2D eigenvalue weighted by molar-refractivity contribution is -0.135. The molecule has 728 valence electrons. The molecular weight excluding hydrogens is 1800 g/mol. The summed E-state index contributed by atoms with van der Waals surface area (Å²) in [4.78, 5) is 145. The van der Waals surface area contributed by atoms with Crippen LogP contribution in [0.2, 0.25) is 0 Å². The van der Waals surface area contributed by atoms with Crippen molar-refractivity contribution >= 4 is 180 Å². The molecule has 11 amide bonds. The summed E-state index contributed by atoms with van der Waals surface area (Å²) in [5.74, 6) is -3.68. The van der Waals surface area contributed by atoms with Crippen LogP contribution in [0.3, 0.4) is 0 Å². The Morgan fingerprint density at radius 3 is 1.21 bits per heavy atom. The molecule has 15 aromatic rings. The lowest BCUT2D eigenvalue weighted by atomic mass is 9.88. The summed E-state index contributed by atoms with van der Waals surface area (Å²) >= 11 is 0. The number of carbonyl (C=O) groups is 11. The number of benzene rings is 9. The average Bonchev–Trinajstić information content (AvgIpc) is 1.81. The predicted molar refractivity (Wildman–Crippen MR) is 529 cm³/mol. The summed E-state index contributed by atoms with van der Waals surface area (Å²) in [5.41, 5.74) is 12.5. The zero-order valence-electron chi connectivity index (χ0n) is 79.2. The van der Waals surface area contributed by atoms with Crippen molar-refractivity contribution in [3.05, 3.63) is 221 Å². The van der Waals surface area contributed by atoms with Gasteiger partial charge in [-0.15, -0.1) is 0 Å². The van der Waals surface area contributed by atoms with E-state index in [0.717, 1.165) is 232 Å². The van der Waals surface area contributed by atoms with Crippen LogP contribution in [0.5, 0.6) is 5.88 Å². The van der Waals surface area contributed by atoms with Crippen LogP contribution in [0.15, 0.2) is 199 Å². The molecule has 0 radical (unpaired) electrons. The largest absolute Gasteiger partial charge is 0.476 e. The summed E-state index contributed by atoms with van der Waals surface area (Å²) in [6.07, 6.45) is 12.9. The van der Waals surface area contributed by atoms with Gasteiger partial charge >= 0.3 is 6.09 Å². The van der Waals surface area contributed by atoms with Gasteiger partial charge in [-0.2, -0.15) is 0 Å². The van der Waals surface area contributed by atoms with E-state index >= 15 is 0 Å². The van der Waals surface area contributed by atoms with Crippen molar-refractivity contribution in [2.24, 2.45) is 0 Å². The number of ether oxygens (including phenoxy) is 5. The summed E-state index contributed by atoms with van der Waals surface area (Å²) < 4.78 is 56.0. The van der Waals surface area contributed by atoms with Crippen molar-refractivity contribution < 1.29 is 98.5 Å². The van der Waals surface area contributed by atoms with Crippen LogP contribution in [0, 0.1) is 0 Å². The third-order valence-corrected chi connectivity index (χ3v) is 27.3. The van der Waals surface area contributed by atoms with Crippen LogP contribution in [0.1, 0.15) is 159 Å². The molecule has 0 bridgehead atoms. The van der Waals surface area contributed by atoms with E-state index in [2.05, 4.69) is 124 Å². The first kappa shape index (κ1) is 95.5. The smallest absolute Gasteiger partial charge is 0.412 e. The van der Waals surface area contributed by atoms with Gasteiger partial charge in [0.15, 0.2) is 0 Å². The van der Waals surface area contributed by atoms with Gasteiger partial charge in [0.2, 0.25) is 65.0 Å². The Bertz CT molecular complexity index is 7380.